The molecule has 1 amide bonds. The van der Waals surface area contributed by atoms with Crippen LogP contribution in [-0.2, 0) is 26.1 Å². The summed E-state index contributed by atoms with van der Waals surface area (Å²) in [4.78, 5) is 33.0. The molecule has 3 aromatic rings. The number of pyridine rings is 1. The first-order valence-corrected chi connectivity index (χ1v) is 12.6. The highest BCUT2D eigenvalue weighted by Crippen LogP contribution is 2.26. The molecule has 0 saturated heterocycles. The molecule has 2 aromatic carbocycles. The normalized spacial score (nSPS) is 13.1. The first kappa shape index (κ1) is 24.7. The zero-order valence-electron chi connectivity index (χ0n) is 20.8. The predicted molar refractivity (Wildman–Crippen MR) is 142 cm³/mol. The maximum Gasteiger partial charge on any atom is 0.261 e. The Morgan fingerprint density at radius 3 is 2.66 bits per heavy atom. The summed E-state index contributed by atoms with van der Waals surface area (Å²) in [6, 6.07) is 20.2. The quantitative estimate of drug-likeness (QED) is 0.456. The summed E-state index contributed by atoms with van der Waals surface area (Å²) in [5.41, 5.74) is 5.49. The largest absolute Gasteiger partial charge is 0.374 e. The molecule has 35 heavy (non-hydrogen) atoms. The lowest BCUT2D eigenvalue weighted by atomic mass is 9.99. The fraction of sp³-hybridized carbons (Fsp3) is 0.379. The molecule has 0 radical (unpaired) electrons. The Kier molecular flexibility index (Phi) is 8.37. The summed E-state index contributed by atoms with van der Waals surface area (Å²) in [6.45, 7) is 6.06. The number of hydrogen-bond donors (Lipinski definition) is 2. The minimum absolute atomic E-state index is 0.148. The van der Waals surface area contributed by atoms with Crippen molar-refractivity contribution >= 4 is 11.6 Å². The third-order valence-corrected chi connectivity index (χ3v) is 6.63. The molecular weight excluding hydrogens is 436 g/mol. The van der Waals surface area contributed by atoms with Crippen molar-refractivity contribution in [3.8, 4) is 0 Å². The number of benzene rings is 2. The lowest BCUT2D eigenvalue weighted by Gasteiger charge is -2.27. The highest BCUT2D eigenvalue weighted by molar-refractivity contribution is 5.93. The van der Waals surface area contributed by atoms with Crippen LogP contribution in [0.25, 0.3) is 0 Å². The van der Waals surface area contributed by atoms with Gasteiger partial charge in [-0.05, 0) is 60.7 Å². The smallest absolute Gasteiger partial charge is 0.261 e. The van der Waals surface area contributed by atoms with Crippen molar-refractivity contribution in [2.24, 2.45) is 0 Å². The van der Waals surface area contributed by atoms with Gasteiger partial charge in [-0.15, -0.1) is 0 Å². The summed E-state index contributed by atoms with van der Waals surface area (Å²) < 4.78 is 0. The number of aromatic amines is 1. The van der Waals surface area contributed by atoms with Crippen molar-refractivity contribution in [3.63, 3.8) is 0 Å². The number of fused-ring (bicyclic) bond motifs is 1. The van der Waals surface area contributed by atoms with Crippen LogP contribution in [0.15, 0.2) is 65.5 Å². The molecular formula is C29H36N4O2. The maximum absolute atomic E-state index is 12.7. The van der Waals surface area contributed by atoms with Crippen molar-refractivity contribution in [1.29, 1.82) is 0 Å². The van der Waals surface area contributed by atoms with Crippen LogP contribution < -0.4 is 15.8 Å². The Morgan fingerprint density at radius 2 is 1.89 bits per heavy atom. The van der Waals surface area contributed by atoms with E-state index in [0.29, 0.717) is 13.1 Å². The van der Waals surface area contributed by atoms with Crippen LogP contribution in [0, 0.1) is 0 Å². The number of nitrogens with zero attached hydrogens (tertiary/aromatic N) is 2. The minimum Gasteiger partial charge on any atom is -0.374 e. The van der Waals surface area contributed by atoms with Crippen LogP contribution in [-0.4, -0.2) is 35.9 Å². The van der Waals surface area contributed by atoms with Gasteiger partial charge in [-0.25, -0.2) is 0 Å². The van der Waals surface area contributed by atoms with Gasteiger partial charge in [0.2, 0.25) is 0 Å². The number of hydrogen-bond acceptors (Lipinski definition) is 4. The van der Waals surface area contributed by atoms with E-state index in [1.165, 1.54) is 16.8 Å². The van der Waals surface area contributed by atoms with Crippen molar-refractivity contribution in [2.75, 3.05) is 25.0 Å². The first-order valence-electron chi connectivity index (χ1n) is 12.6. The second-order valence-electron chi connectivity index (χ2n) is 9.45. The van der Waals surface area contributed by atoms with Crippen LogP contribution in [0.1, 0.15) is 58.9 Å². The molecule has 0 atom stereocenters. The van der Waals surface area contributed by atoms with E-state index in [1.807, 2.05) is 30.3 Å². The Bertz CT molecular complexity index is 1190. The van der Waals surface area contributed by atoms with Crippen molar-refractivity contribution in [2.45, 2.75) is 52.2 Å². The standard InChI is InChI=1S/C29H36N4O2/c1-3-4-17-33(20-22-9-6-5-7-10-22)21-25-13-14-26(29(35)31-25)28(34)30-19-23-12-15-27-24(18-23)11-8-16-32(27)2/h5-7,9-10,12-15,18H,3-4,8,11,16-17,19-21H2,1-2H3,(H,30,34)(H,31,35). The first-order chi connectivity index (χ1) is 17.0. The Labute approximate surface area is 208 Å². The Balaban J connectivity index is 1.38. The number of amides is 1. The molecule has 0 fully saturated rings. The van der Waals surface area contributed by atoms with E-state index < -0.39 is 0 Å². The highest BCUT2D eigenvalue weighted by atomic mass is 16.2. The molecule has 0 unspecified atom stereocenters. The number of nitrogens with one attached hydrogen (secondary N) is 2. The van der Waals surface area contributed by atoms with Crippen LogP contribution in [0.2, 0.25) is 0 Å². The molecule has 2 heterocycles. The third kappa shape index (κ3) is 6.61. The van der Waals surface area contributed by atoms with Crippen LogP contribution in [0.5, 0.6) is 0 Å². The van der Waals surface area contributed by atoms with Crippen molar-refractivity contribution < 1.29 is 4.79 Å². The molecule has 1 aromatic heterocycles. The van der Waals surface area contributed by atoms with E-state index in [-0.39, 0.29) is 17.0 Å². The van der Waals surface area contributed by atoms with Gasteiger partial charge < -0.3 is 15.2 Å². The zero-order valence-corrected chi connectivity index (χ0v) is 20.8. The number of anilines is 1. The van der Waals surface area contributed by atoms with Crippen LogP contribution in [0.4, 0.5) is 5.69 Å². The second kappa shape index (κ2) is 11.8. The number of H-pyrrole nitrogens is 1. The molecule has 2 N–H and O–H groups in total. The number of unbranched alkanes of at least 4 members (excludes halogenated alkanes) is 1. The van der Waals surface area contributed by atoms with Gasteiger partial charge in [0.1, 0.15) is 5.56 Å². The number of carbonyl (C=O) groups is 1. The summed E-state index contributed by atoms with van der Waals surface area (Å²) in [5, 5.41) is 2.91. The summed E-state index contributed by atoms with van der Waals surface area (Å²) in [5.74, 6) is -0.347. The van der Waals surface area contributed by atoms with Gasteiger partial charge >= 0.3 is 0 Å². The van der Waals surface area contributed by atoms with E-state index in [0.717, 1.165) is 56.6 Å². The summed E-state index contributed by atoms with van der Waals surface area (Å²) in [7, 11) is 2.11. The molecule has 6 nitrogen and oxygen atoms in total. The van der Waals surface area contributed by atoms with Gasteiger partial charge in [-0.1, -0.05) is 55.8 Å². The zero-order chi connectivity index (χ0) is 24.6. The van der Waals surface area contributed by atoms with Gasteiger partial charge in [-0.2, -0.15) is 0 Å². The third-order valence-electron chi connectivity index (χ3n) is 6.63. The number of aryl methyl sites for hydroxylation is 1. The average Bonchev–Trinajstić information content (AvgIpc) is 2.86. The molecule has 0 bridgehead atoms. The molecule has 184 valence electrons. The number of aromatic nitrogens is 1. The predicted octanol–water partition coefficient (Wildman–Crippen LogP) is 4.49. The van der Waals surface area contributed by atoms with Gasteiger partial charge in [0, 0.05) is 44.6 Å². The fourth-order valence-electron chi connectivity index (χ4n) is 4.69. The monoisotopic (exact) mass is 472 g/mol. The van der Waals surface area contributed by atoms with Crippen LogP contribution in [0.3, 0.4) is 0 Å². The number of carbonyl (C=O) groups excluding carboxylic acids is 1. The van der Waals surface area contributed by atoms with Gasteiger partial charge in [0.05, 0.1) is 0 Å². The van der Waals surface area contributed by atoms with Gasteiger partial charge in [0.15, 0.2) is 0 Å². The molecule has 4 rings (SSSR count). The molecule has 6 heteroatoms. The molecule has 1 aliphatic rings. The second-order valence-corrected chi connectivity index (χ2v) is 9.45. The van der Waals surface area contributed by atoms with Gasteiger partial charge in [-0.3, -0.25) is 14.5 Å². The van der Waals surface area contributed by atoms with Gasteiger partial charge in [0.25, 0.3) is 11.5 Å². The number of rotatable bonds is 10. The van der Waals surface area contributed by atoms with E-state index in [2.05, 4.69) is 58.3 Å². The molecule has 1 aliphatic heterocycles. The van der Waals surface area contributed by atoms with E-state index in [9.17, 15) is 9.59 Å². The SMILES string of the molecule is CCCCN(Cc1ccccc1)Cc1ccc(C(=O)NCc2ccc3c(c2)CCCN3C)c(=O)[nH]1. The lowest BCUT2D eigenvalue weighted by molar-refractivity contribution is 0.0949. The maximum atomic E-state index is 12.7. The summed E-state index contributed by atoms with van der Waals surface area (Å²) >= 11 is 0. The van der Waals surface area contributed by atoms with E-state index in [1.54, 1.807) is 6.07 Å². The molecule has 0 aliphatic carbocycles. The van der Waals surface area contributed by atoms with E-state index in [4.69, 9.17) is 0 Å². The average molecular weight is 473 g/mol. The Hall–Kier alpha value is -3.38. The molecule has 0 saturated carbocycles. The van der Waals surface area contributed by atoms with Crippen LogP contribution >= 0.6 is 0 Å². The summed E-state index contributed by atoms with van der Waals surface area (Å²) in [6.07, 6.45) is 4.41. The van der Waals surface area contributed by atoms with E-state index >= 15 is 0 Å². The fourth-order valence-corrected chi connectivity index (χ4v) is 4.69. The van der Waals surface area contributed by atoms with Crippen molar-refractivity contribution in [1.82, 2.24) is 15.2 Å². The highest BCUT2D eigenvalue weighted by Gasteiger charge is 2.15. The van der Waals surface area contributed by atoms with Crippen molar-refractivity contribution in [3.05, 3.63) is 99.0 Å². The topological polar surface area (TPSA) is 68.4 Å². The lowest BCUT2D eigenvalue weighted by Crippen LogP contribution is -2.31. The minimum atomic E-state index is -0.347. The molecule has 0 spiro atoms. The Morgan fingerprint density at radius 1 is 1.06 bits per heavy atom.